The Morgan fingerprint density at radius 2 is 1.86 bits per heavy atom. The first-order valence-electron chi connectivity index (χ1n) is 6.66. The third kappa shape index (κ3) is 2.57. The minimum atomic E-state index is -0.263. The number of nitrogens with zero attached hydrogens (tertiary/aromatic N) is 1. The van der Waals surface area contributed by atoms with Gasteiger partial charge in [-0.25, -0.2) is 4.39 Å². The molecular formula is C17H14BrFN2. The van der Waals surface area contributed by atoms with Gasteiger partial charge in [-0.05, 0) is 45.6 Å². The van der Waals surface area contributed by atoms with E-state index in [0.29, 0.717) is 4.47 Å². The summed E-state index contributed by atoms with van der Waals surface area (Å²) in [4.78, 5) is 4.31. The summed E-state index contributed by atoms with van der Waals surface area (Å²) in [6.45, 7) is 0. The molecule has 1 atom stereocenters. The number of fused-ring (bicyclic) bond motifs is 1. The summed E-state index contributed by atoms with van der Waals surface area (Å²) in [6.07, 6.45) is 3.67. The van der Waals surface area contributed by atoms with Crippen LogP contribution in [0.2, 0.25) is 0 Å². The van der Waals surface area contributed by atoms with E-state index in [1.54, 1.807) is 6.07 Å². The maximum atomic E-state index is 13.8. The smallest absolute Gasteiger partial charge is 0.137 e. The summed E-state index contributed by atoms with van der Waals surface area (Å²) in [6, 6.07) is 13.0. The van der Waals surface area contributed by atoms with Crippen molar-refractivity contribution in [3.05, 3.63) is 76.3 Å². The average molecular weight is 345 g/mol. The number of halogens is 2. The van der Waals surface area contributed by atoms with Crippen molar-refractivity contribution in [3.63, 3.8) is 0 Å². The SMILES string of the molecule is CNC(c1cccc(F)c1Br)c1cncc2ccccc12. The Balaban J connectivity index is 2.21. The van der Waals surface area contributed by atoms with Crippen molar-refractivity contribution < 1.29 is 4.39 Å². The van der Waals surface area contributed by atoms with Crippen molar-refractivity contribution in [3.8, 4) is 0 Å². The molecule has 0 saturated heterocycles. The van der Waals surface area contributed by atoms with Crippen LogP contribution in [0.25, 0.3) is 10.8 Å². The highest BCUT2D eigenvalue weighted by Gasteiger charge is 2.19. The molecule has 0 radical (unpaired) electrons. The van der Waals surface area contributed by atoms with Gasteiger partial charge in [0.05, 0.1) is 10.5 Å². The highest BCUT2D eigenvalue weighted by Crippen LogP contribution is 2.33. The van der Waals surface area contributed by atoms with Crippen molar-refractivity contribution in [1.82, 2.24) is 10.3 Å². The van der Waals surface area contributed by atoms with Gasteiger partial charge in [0.15, 0.2) is 0 Å². The number of aromatic nitrogens is 1. The summed E-state index contributed by atoms with van der Waals surface area (Å²) in [7, 11) is 1.86. The topological polar surface area (TPSA) is 24.9 Å². The molecular weight excluding hydrogens is 331 g/mol. The molecule has 0 saturated carbocycles. The molecule has 1 N–H and O–H groups in total. The van der Waals surface area contributed by atoms with Crippen molar-refractivity contribution in [2.24, 2.45) is 0 Å². The number of pyridine rings is 1. The first-order valence-corrected chi connectivity index (χ1v) is 7.45. The minimum Gasteiger partial charge on any atom is -0.309 e. The monoisotopic (exact) mass is 344 g/mol. The van der Waals surface area contributed by atoms with Gasteiger partial charge in [-0.15, -0.1) is 0 Å². The molecule has 3 aromatic rings. The molecule has 0 aliphatic carbocycles. The van der Waals surface area contributed by atoms with Crippen LogP contribution >= 0.6 is 15.9 Å². The largest absolute Gasteiger partial charge is 0.309 e. The standard InChI is InChI=1S/C17H14BrFN2/c1-20-17(13-7-4-8-15(19)16(13)18)14-10-21-9-11-5-2-3-6-12(11)14/h2-10,17,20H,1H3. The minimum absolute atomic E-state index is 0.131. The first-order chi connectivity index (χ1) is 10.2. The van der Waals surface area contributed by atoms with Crippen molar-refractivity contribution >= 4 is 26.7 Å². The Morgan fingerprint density at radius 1 is 1.05 bits per heavy atom. The molecule has 0 amide bonds. The quantitative estimate of drug-likeness (QED) is 0.759. The van der Waals surface area contributed by atoms with E-state index in [-0.39, 0.29) is 11.9 Å². The molecule has 0 fully saturated rings. The lowest BCUT2D eigenvalue weighted by atomic mass is 9.96. The Hall–Kier alpha value is -1.78. The number of hydrogen-bond donors (Lipinski definition) is 1. The summed E-state index contributed by atoms with van der Waals surface area (Å²) in [5, 5.41) is 5.44. The third-order valence-electron chi connectivity index (χ3n) is 3.59. The maximum absolute atomic E-state index is 13.8. The van der Waals surface area contributed by atoms with Crippen LogP contribution in [0.4, 0.5) is 4.39 Å². The third-order valence-corrected chi connectivity index (χ3v) is 4.43. The number of nitrogens with one attached hydrogen (secondary N) is 1. The lowest BCUT2D eigenvalue weighted by Gasteiger charge is -2.20. The fraction of sp³-hybridized carbons (Fsp3) is 0.118. The maximum Gasteiger partial charge on any atom is 0.137 e. The summed E-state index contributed by atoms with van der Waals surface area (Å²) >= 11 is 3.35. The molecule has 106 valence electrons. The van der Waals surface area contributed by atoms with Crippen molar-refractivity contribution in [2.75, 3.05) is 7.05 Å². The molecule has 0 bridgehead atoms. The van der Waals surface area contributed by atoms with Crippen LogP contribution < -0.4 is 5.32 Å². The van der Waals surface area contributed by atoms with Crippen molar-refractivity contribution in [2.45, 2.75) is 6.04 Å². The second-order valence-electron chi connectivity index (χ2n) is 4.81. The van der Waals surface area contributed by atoms with E-state index in [0.717, 1.165) is 21.9 Å². The van der Waals surface area contributed by atoms with Gasteiger partial charge in [-0.3, -0.25) is 4.98 Å². The van der Waals surface area contributed by atoms with Crippen LogP contribution in [0.1, 0.15) is 17.2 Å². The highest BCUT2D eigenvalue weighted by atomic mass is 79.9. The zero-order valence-corrected chi connectivity index (χ0v) is 13.1. The molecule has 2 aromatic carbocycles. The van der Waals surface area contributed by atoms with Gasteiger partial charge in [0.2, 0.25) is 0 Å². The molecule has 2 nitrogen and oxygen atoms in total. The summed E-state index contributed by atoms with van der Waals surface area (Å²) in [5.41, 5.74) is 1.89. The van der Waals surface area contributed by atoms with Crippen molar-refractivity contribution in [1.29, 1.82) is 0 Å². The fourth-order valence-electron chi connectivity index (χ4n) is 2.59. The molecule has 0 spiro atoms. The number of hydrogen-bond acceptors (Lipinski definition) is 2. The predicted molar refractivity (Wildman–Crippen MR) is 86.7 cm³/mol. The zero-order chi connectivity index (χ0) is 14.8. The van der Waals surface area contributed by atoms with E-state index >= 15 is 0 Å². The molecule has 1 unspecified atom stereocenters. The Morgan fingerprint density at radius 3 is 2.67 bits per heavy atom. The van der Waals surface area contributed by atoms with Gasteiger partial charge < -0.3 is 5.32 Å². The van der Waals surface area contributed by atoms with Crippen LogP contribution in [-0.2, 0) is 0 Å². The zero-order valence-electron chi connectivity index (χ0n) is 11.5. The summed E-state index contributed by atoms with van der Waals surface area (Å²) < 4.78 is 14.3. The van der Waals surface area contributed by atoms with Crippen LogP contribution in [0, 0.1) is 5.82 Å². The van der Waals surface area contributed by atoms with E-state index < -0.39 is 0 Å². The molecule has 0 aliphatic heterocycles. The molecule has 0 aliphatic rings. The van der Waals surface area contributed by atoms with Gasteiger partial charge in [0.1, 0.15) is 5.82 Å². The molecule has 1 heterocycles. The normalized spacial score (nSPS) is 12.5. The van der Waals surface area contributed by atoms with Crippen LogP contribution in [0.3, 0.4) is 0 Å². The Bertz CT molecular complexity index is 783. The summed E-state index contributed by atoms with van der Waals surface area (Å²) in [5.74, 6) is -0.263. The van der Waals surface area contributed by atoms with E-state index in [9.17, 15) is 4.39 Å². The van der Waals surface area contributed by atoms with Gasteiger partial charge in [0, 0.05) is 17.8 Å². The highest BCUT2D eigenvalue weighted by molar-refractivity contribution is 9.10. The van der Waals surface area contributed by atoms with Crippen LogP contribution in [0.15, 0.2) is 59.3 Å². The predicted octanol–water partition coefficient (Wildman–Crippen LogP) is 4.45. The van der Waals surface area contributed by atoms with Gasteiger partial charge in [0.25, 0.3) is 0 Å². The second-order valence-corrected chi connectivity index (χ2v) is 5.61. The number of benzene rings is 2. The van der Waals surface area contributed by atoms with Gasteiger partial charge in [-0.2, -0.15) is 0 Å². The molecule has 21 heavy (non-hydrogen) atoms. The molecule has 3 rings (SSSR count). The second kappa shape index (κ2) is 5.92. The molecule has 4 heteroatoms. The van der Waals surface area contributed by atoms with Gasteiger partial charge >= 0.3 is 0 Å². The Kier molecular flexibility index (Phi) is 3.99. The average Bonchev–Trinajstić information content (AvgIpc) is 2.52. The lowest BCUT2D eigenvalue weighted by molar-refractivity contribution is 0.608. The van der Waals surface area contributed by atoms with E-state index in [4.69, 9.17) is 0 Å². The van der Waals surface area contributed by atoms with Crippen LogP contribution in [-0.4, -0.2) is 12.0 Å². The van der Waals surface area contributed by atoms with E-state index in [2.05, 4.69) is 32.3 Å². The Labute approximate surface area is 131 Å². The van der Waals surface area contributed by atoms with Crippen LogP contribution in [0.5, 0.6) is 0 Å². The molecule has 1 aromatic heterocycles. The lowest BCUT2D eigenvalue weighted by Crippen LogP contribution is -2.19. The first kappa shape index (κ1) is 14.2. The fourth-order valence-corrected chi connectivity index (χ4v) is 3.09. The van der Waals surface area contributed by atoms with Gasteiger partial charge in [-0.1, -0.05) is 36.4 Å². The number of rotatable bonds is 3. The van der Waals surface area contributed by atoms with E-state index in [1.807, 2.05) is 43.7 Å². The van der Waals surface area contributed by atoms with E-state index in [1.165, 1.54) is 6.07 Å².